The van der Waals surface area contributed by atoms with E-state index in [1.165, 1.54) is 0 Å². The SMILES string of the molecule is CC(C)C1CNC2OCCNC21. The molecule has 3 nitrogen and oxygen atoms in total. The summed E-state index contributed by atoms with van der Waals surface area (Å²) in [7, 11) is 0. The summed E-state index contributed by atoms with van der Waals surface area (Å²) in [5.74, 6) is 1.47. The minimum atomic E-state index is 0.270. The molecule has 2 saturated heterocycles. The minimum absolute atomic E-state index is 0.270. The fourth-order valence-corrected chi connectivity index (χ4v) is 2.21. The van der Waals surface area contributed by atoms with Gasteiger partial charge in [0.15, 0.2) is 0 Å². The molecule has 0 aromatic rings. The molecule has 0 amide bonds. The normalized spacial score (nSPS) is 41.8. The van der Waals surface area contributed by atoms with Gasteiger partial charge in [-0.15, -0.1) is 0 Å². The van der Waals surface area contributed by atoms with E-state index in [0.29, 0.717) is 6.04 Å². The molecule has 2 aliphatic heterocycles. The Hall–Kier alpha value is -0.120. The average molecular weight is 170 g/mol. The van der Waals surface area contributed by atoms with Crippen LogP contribution < -0.4 is 10.6 Å². The number of hydrogen-bond donors (Lipinski definition) is 2. The maximum absolute atomic E-state index is 5.61. The second-order valence-electron chi connectivity index (χ2n) is 4.09. The highest BCUT2D eigenvalue weighted by atomic mass is 16.5. The van der Waals surface area contributed by atoms with Crippen molar-refractivity contribution in [2.45, 2.75) is 26.1 Å². The van der Waals surface area contributed by atoms with E-state index >= 15 is 0 Å². The summed E-state index contributed by atoms with van der Waals surface area (Å²) < 4.78 is 5.61. The van der Waals surface area contributed by atoms with Crippen LogP contribution in [0.3, 0.4) is 0 Å². The van der Waals surface area contributed by atoms with Crippen LogP contribution in [0, 0.1) is 11.8 Å². The maximum Gasteiger partial charge on any atom is 0.124 e. The van der Waals surface area contributed by atoms with Crippen molar-refractivity contribution in [3.63, 3.8) is 0 Å². The zero-order valence-corrected chi connectivity index (χ0v) is 7.84. The molecule has 3 heteroatoms. The fourth-order valence-electron chi connectivity index (χ4n) is 2.21. The van der Waals surface area contributed by atoms with Crippen LogP contribution >= 0.6 is 0 Å². The molecule has 2 heterocycles. The highest BCUT2D eigenvalue weighted by molar-refractivity contribution is 4.94. The Morgan fingerprint density at radius 1 is 1.33 bits per heavy atom. The third kappa shape index (κ3) is 1.37. The first kappa shape index (κ1) is 8.48. The van der Waals surface area contributed by atoms with E-state index in [-0.39, 0.29) is 6.23 Å². The van der Waals surface area contributed by atoms with Crippen LogP contribution in [0.25, 0.3) is 0 Å². The van der Waals surface area contributed by atoms with Gasteiger partial charge in [-0.2, -0.15) is 0 Å². The van der Waals surface area contributed by atoms with Gasteiger partial charge in [-0.25, -0.2) is 0 Å². The van der Waals surface area contributed by atoms with Gasteiger partial charge in [0.05, 0.1) is 12.6 Å². The number of rotatable bonds is 1. The molecular formula is C9H18N2O. The second-order valence-corrected chi connectivity index (χ2v) is 4.09. The van der Waals surface area contributed by atoms with Crippen LogP contribution in [0.5, 0.6) is 0 Å². The summed E-state index contributed by atoms with van der Waals surface area (Å²) in [5, 5.41) is 6.93. The summed E-state index contributed by atoms with van der Waals surface area (Å²) in [5.41, 5.74) is 0. The molecule has 2 fully saturated rings. The fraction of sp³-hybridized carbons (Fsp3) is 1.00. The van der Waals surface area contributed by atoms with Gasteiger partial charge in [-0.1, -0.05) is 13.8 Å². The van der Waals surface area contributed by atoms with E-state index in [0.717, 1.165) is 31.5 Å². The number of nitrogens with one attached hydrogen (secondary N) is 2. The summed E-state index contributed by atoms with van der Waals surface area (Å²) in [4.78, 5) is 0. The molecule has 3 atom stereocenters. The van der Waals surface area contributed by atoms with Crippen LogP contribution in [0.1, 0.15) is 13.8 Å². The quantitative estimate of drug-likeness (QED) is 0.589. The van der Waals surface area contributed by atoms with Crippen LogP contribution in [-0.2, 0) is 4.74 Å². The lowest BCUT2D eigenvalue weighted by Gasteiger charge is -2.31. The van der Waals surface area contributed by atoms with Gasteiger partial charge in [0.2, 0.25) is 0 Å². The molecule has 2 aliphatic rings. The van der Waals surface area contributed by atoms with E-state index in [2.05, 4.69) is 24.5 Å². The topological polar surface area (TPSA) is 33.3 Å². The molecule has 0 aromatic heterocycles. The Kier molecular flexibility index (Phi) is 2.35. The third-order valence-electron chi connectivity index (χ3n) is 2.98. The van der Waals surface area contributed by atoms with Gasteiger partial charge in [0.1, 0.15) is 6.23 Å². The monoisotopic (exact) mass is 170 g/mol. The Balaban J connectivity index is 2.01. The zero-order valence-electron chi connectivity index (χ0n) is 7.84. The molecule has 0 spiro atoms. The van der Waals surface area contributed by atoms with Crippen molar-refractivity contribution in [2.24, 2.45) is 11.8 Å². The summed E-state index contributed by atoms with van der Waals surface area (Å²) in [6.45, 7) is 7.51. The first-order valence-corrected chi connectivity index (χ1v) is 4.87. The van der Waals surface area contributed by atoms with E-state index in [9.17, 15) is 0 Å². The lowest BCUT2D eigenvalue weighted by molar-refractivity contribution is -0.0107. The number of fused-ring (bicyclic) bond motifs is 1. The van der Waals surface area contributed by atoms with Gasteiger partial charge in [-0.05, 0) is 11.8 Å². The van der Waals surface area contributed by atoms with Gasteiger partial charge >= 0.3 is 0 Å². The third-order valence-corrected chi connectivity index (χ3v) is 2.98. The van der Waals surface area contributed by atoms with Crippen molar-refractivity contribution in [1.82, 2.24) is 10.6 Å². The van der Waals surface area contributed by atoms with Crippen molar-refractivity contribution in [3.05, 3.63) is 0 Å². The van der Waals surface area contributed by atoms with Crippen LogP contribution in [0.4, 0.5) is 0 Å². The number of ether oxygens (including phenoxy) is 1. The zero-order chi connectivity index (χ0) is 8.55. The van der Waals surface area contributed by atoms with Gasteiger partial charge in [0, 0.05) is 13.1 Å². The van der Waals surface area contributed by atoms with E-state index < -0.39 is 0 Å². The molecule has 3 unspecified atom stereocenters. The van der Waals surface area contributed by atoms with Gasteiger partial charge < -0.3 is 10.1 Å². The van der Waals surface area contributed by atoms with Crippen molar-refractivity contribution in [1.29, 1.82) is 0 Å². The second kappa shape index (κ2) is 3.32. The molecule has 12 heavy (non-hydrogen) atoms. The first-order chi connectivity index (χ1) is 5.79. The molecule has 0 bridgehead atoms. The van der Waals surface area contributed by atoms with Crippen LogP contribution in [0.15, 0.2) is 0 Å². The molecule has 0 saturated carbocycles. The molecule has 2 rings (SSSR count). The first-order valence-electron chi connectivity index (χ1n) is 4.87. The summed E-state index contributed by atoms with van der Waals surface area (Å²) in [6, 6.07) is 0.541. The summed E-state index contributed by atoms with van der Waals surface area (Å²) >= 11 is 0. The molecule has 0 radical (unpaired) electrons. The predicted molar refractivity (Wildman–Crippen MR) is 47.9 cm³/mol. The van der Waals surface area contributed by atoms with Crippen molar-refractivity contribution >= 4 is 0 Å². The minimum Gasteiger partial charge on any atom is -0.360 e. The standard InChI is InChI=1S/C9H18N2O/c1-6(2)7-5-11-9-8(7)10-3-4-12-9/h6-11H,3-5H2,1-2H3. The Labute approximate surface area is 73.9 Å². The van der Waals surface area contributed by atoms with Crippen LogP contribution in [0.2, 0.25) is 0 Å². The van der Waals surface area contributed by atoms with Crippen molar-refractivity contribution in [2.75, 3.05) is 19.7 Å². The lowest BCUT2D eigenvalue weighted by atomic mass is 9.90. The van der Waals surface area contributed by atoms with Gasteiger partial charge in [-0.3, -0.25) is 5.32 Å². The Morgan fingerprint density at radius 2 is 2.17 bits per heavy atom. The molecule has 70 valence electrons. The molecule has 0 aromatic carbocycles. The van der Waals surface area contributed by atoms with E-state index in [4.69, 9.17) is 4.74 Å². The maximum atomic E-state index is 5.61. The molecular weight excluding hydrogens is 152 g/mol. The summed E-state index contributed by atoms with van der Waals surface area (Å²) in [6.07, 6.45) is 0.270. The predicted octanol–water partition coefficient (Wildman–Crippen LogP) is 0.176. The van der Waals surface area contributed by atoms with E-state index in [1.807, 2.05) is 0 Å². The Bertz CT molecular complexity index is 161. The van der Waals surface area contributed by atoms with Crippen molar-refractivity contribution in [3.8, 4) is 0 Å². The smallest absolute Gasteiger partial charge is 0.124 e. The van der Waals surface area contributed by atoms with Gasteiger partial charge in [0.25, 0.3) is 0 Å². The van der Waals surface area contributed by atoms with Crippen molar-refractivity contribution < 1.29 is 4.74 Å². The average Bonchev–Trinajstić information content (AvgIpc) is 2.47. The number of morpholine rings is 1. The highest BCUT2D eigenvalue weighted by Crippen LogP contribution is 2.24. The number of hydrogen-bond acceptors (Lipinski definition) is 3. The van der Waals surface area contributed by atoms with E-state index in [1.54, 1.807) is 0 Å². The largest absolute Gasteiger partial charge is 0.360 e. The Morgan fingerprint density at radius 3 is 2.92 bits per heavy atom. The molecule has 2 N–H and O–H groups in total. The molecule has 0 aliphatic carbocycles. The highest BCUT2D eigenvalue weighted by Gasteiger charge is 2.39. The van der Waals surface area contributed by atoms with Crippen LogP contribution in [-0.4, -0.2) is 32.0 Å². The lowest BCUT2D eigenvalue weighted by Crippen LogP contribution is -2.51.